The van der Waals surface area contributed by atoms with Gasteiger partial charge in [-0.15, -0.1) is 22.9 Å². The summed E-state index contributed by atoms with van der Waals surface area (Å²) in [5.41, 5.74) is 0.978. The minimum absolute atomic E-state index is 0.525. The first-order valence-corrected chi connectivity index (χ1v) is 5.05. The van der Waals surface area contributed by atoms with Crippen molar-refractivity contribution in [2.75, 3.05) is 6.26 Å². The fraction of sp³-hybridized carbons (Fsp3) is 0.400. The number of hydrogen-bond acceptors (Lipinski definition) is 3. The molecule has 0 aromatic carbocycles. The topological polar surface area (TPSA) is 12.9 Å². The van der Waals surface area contributed by atoms with Gasteiger partial charge >= 0.3 is 0 Å². The predicted molar refractivity (Wildman–Crippen MR) is 43.5 cm³/mol. The van der Waals surface area contributed by atoms with Crippen molar-refractivity contribution in [3.8, 4) is 0 Å². The van der Waals surface area contributed by atoms with Crippen molar-refractivity contribution in [1.82, 2.24) is 4.98 Å². The summed E-state index contributed by atoms with van der Waals surface area (Å²) in [6.07, 6.45) is 2.01. The molecule has 0 radical (unpaired) electrons. The van der Waals surface area contributed by atoms with Crippen LogP contribution in [0.1, 0.15) is 5.69 Å². The zero-order valence-electron chi connectivity index (χ0n) is 4.93. The molecule has 0 bridgehead atoms. The molecule has 0 aliphatic heterocycles. The highest BCUT2D eigenvalue weighted by molar-refractivity contribution is 8.00. The smallest absolute Gasteiger partial charge is 0.149 e. The minimum atomic E-state index is 0.525. The average Bonchev–Trinajstić information content (AvgIpc) is 2.34. The second kappa shape index (κ2) is 3.44. The van der Waals surface area contributed by atoms with Crippen molar-refractivity contribution in [3.63, 3.8) is 0 Å². The second-order valence-electron chi connectivity index (χ2n) is 1.44. The Morgan fingerprint density at radius 3 is 3.00 bits per heavy atom. The van der Waals surface area contributed by atoms with E-state index in [0.29, 0.717) is 5.88 Å². The van der Waals surface area contributed by atoms with E-state index in [-0.39, 0.29) is 0 Å². The number of thiazole rings is 1. The molecule has 1 rings (SSSR count). The Balaban J connectivity index is 2.74. The number of halogens is 1. The SMILES string of the molecule is CSc1nc(CCl)cs1. The van der Waals surface area contributed by atoms with Crippen molar-refractivity contribution < 1.29 is 0 Å². The van der Waals surface area contributed by atoms with Crippen LogP contribution in [0.4, 0.5) is 0 Å². The molecule has 9 heavy (non-hydrogen) atoms. The van der Waals surface area contributed by atoms with Crippen molar-refractivity contribution in [2.24, 2.45) is 0 Å². The number of thioether (sulfide) groups is 1. The zero-order valence-corrected chi connectivity index (χ0v) is 7.32. The Kier molecular flexibility index (Phi) is 2.82. The highest BCUT2D eigenvalue weighted by Crippen LogP contribution is 2.20. The van der Waals surface area contributed by atoms with E-state index in [1.165, 1.54) is 0 Å². The first kappa shape index (κ1) is 7.38. The molecule has 0 amide bonds. The zero-order chi connectivity index (χ0) is 6.69. The number of nitrogens with zero attached hydrogens (tertiary/aromatic N) is 1. The third-order valence-electron chi connectivity index (χ3n) is 0.842. The van der Waals surface area contributed by atoms with Crippen molar-refractivity contribution in [2.45, 2.75) is 10.2 Å². The van der Waals surface area contributed by atoms with Gasteiger partial charge in [-0.25, -0.2) is 4.98 Å². The molecule has 0 unspecified atom stereocenters. The Hall–Kier alpha value is 0.270. The molecule has 1 heterocycles. The molecule has 1 aromatic rings. The van der Waals surface area contributed by atoms with Crippen LogP contribution < -0.4 is 0 Å². The Bertz CT molecular complexity index is 168. The van der Waals surface area contributed by atoms with Crippen LogP contribution in [-0.2, 0) is 5.88 Å². The van der Waals surface area contributed by atoms with Crippen LogP contribution >= 0.6 is 34.7 Å². The van der Waals surface area contributed by atoms with E-state index in [2.05, 4.69) is 4.98 Å². The molecular formula is C5H6ClNS2. The molecule has 0 saturated carbocycles. The molecular weight excluding hydrogens is 174 g/mol. The standard InChI is InChI=1S/C5H6ClNS2/c1-8-5-7-4(2-6)3-9-5/h3H,2H2,1H3. The summed E-state index contributed by atoms with van der Waals surface area (Å²) >= 11 is 8.83. The maximum absolute atomic E-state index is 5.53. The third kappa shape index (κ3) is 1.85. The van der Waals surface area contributed by atoms with Gasteiger partial charge in [0.05, 0.1) is 11.6 Å². The van der Waals surface area contributed by atoms with Gasteiger partial charge in [-0.2, -0.15) is 0 Å². The van der Waals surface area contributed by atoms with Gasteiger partial charge in [-0.1, -0.05) is 11.8 Å². The molecule has 0 saturated heterocycles. The number of hydrogen-bond donors (Lipinski definition) is 0. The van der Waals surface area contributed by atoms with Crippen molar-refractivity contribution >= 4 is 34.7 Å². The summed E-state index contributed by atoms with van der Waals surface area (Å²) in [5.74, 6) is 0.525. The summed E-state index contributed by atoms with van der Waals surface area (Å²) in [6, 6.07) is 0. The highest BCUT2D eigenvalue weighted by atomic mass is 35.5. The maximum Gasteiger partial charge on any atom is 0.149 e. The average molecular weight is 180 g/mol. The van der Waals surface area contributed by atoms with Crippen LogP contribution in [0.5, 0.6) is 0 Å². The fourth-order valence-electron chi connectivity index (χ4n) is 0.444. The molecule has 1 aromatic heterocycles. The number of alkyl halides is 1. The summed E-state index contributed by atoms with van der Waals surface area (Å²) in [6.45, 7) is 0. The molecule has 1 nitrogen and oxygen atoms in total. The van der Waals surface area contributed by atoms with Crippen molar-refractivity contribution in [3.05, 3.63) is 11.1 Å². The van der Waals surface area contributed by atoms with E-state index in [4.69, 9.17) is 11.6 Å². The van der Waals surface area contributed by atoms with Crippen LogP contribution in [0.15, 0.2) is 9.72 Å². The minimum Gasteiger partial charge on any atom is -0.233 e. The van der Waals surface area contributed by atoms with Gasteiger partial charge in [0.25, 0.3) is 0 Å². The lowest BCUT2D eigenvalue weighted by molar-refractivity contribution is 1.14. The Morgan fingerprint density at radius 2 is 2.67 bits per heavy atom. The van der Waals surface area contributed by atoms with Crippen LogP contribution in [0.25, 0.3) is 0 Å². The molecule has 50 valence electrons. The Morgan fingerprint density at radius 1 is 1.89 bits per heavy atom. The van der Waals surface area contributed by atoms with E-state index >= 15 is 0 Å². The summed E-state index contributed by atoms with van der Waals surface area (Å²) in [4.78, 5) is 4.20. The number of rotatable bonds is 2. The van der Waals surface area contributed by atoms with E-state index in [0.717, 1.165) is 10.0 Å². The lowest BCUT2D eigenvalue weighted by atomic mass is 10.6. The maximum atomic E-state index is 5.53. The van der Waals surface area contributed by atoms with Gasteiger partial charge in [0.1, 0.15) is 4.34 Å². The van der Waals surface area contributed by atoms with E-state index in [9.17, 15) is 0 Å². The van der Waals surface area contributed by atoms with Gasteiger partial charge in [0.2, 0.25) is 0 Å². The van der Waals surface area contributed by atoms with Gasteiger partial charge in [-0.3, -0.25) is 0 Å². The van der Waals surface area contributed by atoms with Crippen LogP contribution in [-0.4, -0.2) is 11.2 Å². The van der Waals surface area contributed by atoms with Crippen LogP contribution in [0.3, 0.4) is 0 Å². The number of aromatic nitrogens is 1. The quantitative estimate of drug-likeness (QED) is 0.512. The van der Waals surface area contributed by atoms with Crippen LogP contribution in [0.2, 0.25) is 0 Å². The summed E-state index contributed by atoms with van der Waals surface area (Å²) in [7, 11) is 0. The molecule has 0 spiro atoms. The molecule has 0 aliphatic rings. The van der Waals surface area contributed by atoms with Crippen LogP contribution in [0, 0.1) is 0 Å². The van der Waals surface area contributed by atoms with Gasteiger partial charge in [0, 0.05) is 5.38 Å². The fourth-order valence-corrected chi connectivity index (χ4v) is 1.95. The largest absolute Gasteiger partial charge is 0.233 e. The molecule has 0 fully saturated rings. The van der Waals surface area contributed by atoms with Gasteiger partial charge in [-0.05, 0) is 6.26 Å². The summed E-state index contributed by atoms with van der Waals surface area (Å²) < 4.78 is 1.09. The lowest BCUT2D eigenvalue weighted by Crippen LogP contribution is -1.73. The molecule has 0 atom stereocenters. The Labute approximate surface area is 67.4 Å². The second-order valence-corrected chi connectivity index (χ2v) is 3.62. The van der Waals surface area contributed by atoms with E-state index < -0.39 is 0 Å². The van der Waals surface area contributed by atoms with Crippen molar-refractivity contribution in [1.29, 1.82) is 0 Å². The monoisotopic (exact) mass is 179 g/mol. The normalized spacial score (nSPS) is 10.0. The first-order valence-electron chi connectivity index (χ1n) is 2.41. The van der Waals surface area contributed by atoms with E-state index in [1.807, 2.05) is 11.6 Å². The van der Waals surface area contributed by atoms with Gasteiger partial charge < -0.3 is 0 Å². The summed E-state index contributed by atoms with van der Waals surface area (Å²) in [5, 5.41) is 1.98. The third-order valence-corrected chi connectivity index (χ3v) is 3.03. The molecule has 4 heteroatoms. The molecule has 0 aliphatic carbocycles. The molecule has 0 N–H and O–H groups in total. The highest BCUT2D eigenvalue weighted by Gasteiger charge is 1.96. The predicted octanol–water partition coefficient (Wildman–Crippen LogP) is 2.60. The first-order chi connectivity index (χ1) is 4.36. The lowest BCUT2D eigenvalue weighted by Gasteiger charge is -1.81. The van der Waals surface area contributed by atoms with Gasteiger partial charge in [0.15, 0.2) is 0 Å². The van der Waals surface area contributed by atoms with E-state index in [1.54, 1.807) is 23.1 Å².